The Labute approximate surface area is 127 Å². The number of nitrogens with zero attached hydrogens (tertiary/aromatic N) is 2. The third kappa shape index (κ3) is 1.32. The van der Waals surface area contributed by atoms with Gasteiger partial charge in [0.1, 0.15) is 18.6 Å². The van der Waals surface area contributed by atoms with Crippen molar-refractivity contribution >= 4 is 16.6 Å². The van der Waals surface area contributed by atoms with Crippen molar-refractivity contribution in [3.8, 4) is 0 Å². The lowest BCUT2D eigenvalue weighted by Crippen LogP contribution is -2.61. The number of rotatable bonds is 2. The summed E-state index contributed by atoms with van der Waals surface area (Å²) >= 11 is 0. The SMILES string of the molecule is CCC1(C)c2cccc3cc[n+]4c(c23)N(CC4)C1(C)CC. The fourth-order valence-corrected chi connectivity index (χ4v) is 4.81. The van der Waals surface area contributed by atoms with Gasteiger partial charge in [0.25, 0.3) is 5.82 Å². The molecule has 4 rings (SSSR count). The molecule has 1 aromatic heterocycles. The van der Waals surface area contributed by atoms with E-state index in [0.717, 1.165) is 13.1 Å². The van der Waals surface area contributed by atoms with Crippen LogP contribution in [0.15, 0.2) is 30.5 Å². The van der Waals surface area contributed by atoms with Crippen LogP contribution in [-0.4, -0.2) is 12.1 Å². The molecule has 0 saturated carbocycles. The van der Waals surface area contributed by atoms with E-state index in [2.05, 4.69) is 67.6 Å². The lowest BCUT2D eigenvalue weighted by atomic mass is 9.61. The average Bonchev–Trinajstić information content (AvgIpc) is 2.96. The second kappa shape index (κ2) is 4.00. The van der Waals surface area contributed by atoms with Crippen molar-refractivity contribution in [2.75, 3.05) is 11.4 Å². The van der Waals surface area contributed by atoms with E-state index in [9.17, 15) is 0 Å². The number of aromatic nitrogens is 1. The number of hydrogen-bond acceptors (Lipinski definition) is 1. The van der Waals surface area contributed by atoms with Gasteiger partial charge in [-0.1, -0.05) is 39.0 Å². The lowest BCUT2D eigenvalue weighted by Gasteiger charge is -2.51. The maximum absolute atomic E-state index is 2.70. The van der Waals surface area contributed by atoms with Crippen LogP contribution in [0.1, 0.15) is 46.1 Å². The maximum Gasteiger partial charge on any atom is 0.285 e. The Morgan fingerprint density at radius 2 is 1.95 bits per heavy atom. The second-order valence-corrected chi connectivity index (χ2v) is 7.07. The smallest absolute Gasteiger partial charge is 0.251 e. The van der Waals surface area contributed by atoms with Crippen LogP contribution in [-0.2, 0) is 12.0 Å². The van der Waals surface area contributed by atoms with Gasteiger partial charge in [-0.05, 0) is 36.8 Å². The predicted molar refractivity (Wildman–Crippen MR) is 87.8 cm³/mol. The van der Waals surface area contributed by atoms with Crippen LogP contribution in [0.25, 0.3) is 10.8 Å². The zero-order chi connectivity index (χ0) is 14.8. The number of benzene rings is 1. The molecular weight excluding hydrogens is 256 g/mol. The first kappa shape index (κ1) is 13.1. The van der Waals surface area contributed by atoms with Crippen LogP contribution in [0.5, 0.6) is 0 Å². The van der Waals surface area contributed by atoms with Crippen molar-refractivity contribution in [1.29, 1.82) is 0 Å². The molecular formula is C19H25N2+. The quantitative estimate of drug-likeness (QED) is 0.760. The molecule has 0 N–H and O–H groups in total. The van der Waals surface area contributed by atoms with Gasteiger partial charge < -0.3 is 0 Å². The molecule has 1 aromatic carbocycles. The number of anilines is 1. The predicted octanol–water partition coefficient (Wildman–Crippen LogP) is 3.80. The Bertz CT molecular complexity index is 736. The second-order valence-electron chi connectivity index (χ2n) is 7.07. The fraction of sp³-hybridized carbons (Fsp3) is 0.526. The highest BCUT2D eigenvalue weighted by molar-refractivity contribution is 5.96. The molecule has 0 spiro atoms. The van der Waals surface area contributed by atoms with Gasteiger partial charge in [-0.2, -0.15) is 0 Å². The van der Waals surface area contributed by atoms with Crippen molar-refractivity contribution < 1.29 is 4.57 Å². The van der Waals surface area contributed by atoms with E-state index in [1.54, 1.807) is 5.56 Å². The van der Waals surface area contributed by atoms with Gasteiger partial charge in [0.05, 0.1) is 11.6 Å². The Morgan fingerprint density at radius 1 is 1.14 bits per heavy atom. The summed E-state index contributed by atoms with van der Waals surface area (Å²) in [7, 11) is 0. The van der Waals surface area contributed by atoms with Gasteiger partial charge in [0, 0.05) is 5.41 Å². The molecule has 0 aliphatic carbocycles. The molecule has 2 unspecified atom stereocenters. The zero-order valence-electron chi connectivity index (χ0n) is 13.6. The molecule has 21 heavy (non-hydrogen) atoms. The minimum Gasteiger partial charge on any atom is -0.251 e. The average molecular weight is 281 g/mol. The zero-order valence-corrected chi connectivity index (χ0v) is 13.6. The molecule has 2 aliphatic heterocycles. The Balaban J connectivity index is 2.18. The van der Waals surface area contributed by atoms with Crippen LogP contribution >= 0.6 is 0 Å². The number of hydrogen-bond donors (Lipinski definition) is 0. The monoisotopic (exact) mass is 281 g/mol. The van der Waals surface area contributed by atoms with Gasteiger partial charge in [0.2, 0.25) is 0 Å². The van der Waals surface area contributed by atoms with Crippen LogP contribution in [0.3, 0.4) is 0 Å². The van der Waals surface area contributed by atoms with E-state index in [1.165, 1.54) is 29.4 Å². The molecule has 0 bridgehead atoms. The first-order valence-corrected chi connectivity index (χ1v) is 8.30. The van der Waals surface area contributed by atoms with E-state index < -0.39 is 0 Å². The van der Waals surface area contributed by atoms with Gasteiger partial charge >= 0.3 is 0 Å². The van der Waals surface area contributed by atoms with E-state index in [0.29, 0.717) is 0 Å². The molecule has 2 nitrogen and oxygen atoms in total. The third-order valence-corrected chi connectivity index (χ3v) is 6.62. The van der Waals surface area contributed by atoms with Crippen LogP contribution in [0.2, 0.25) is 0 Å². The molecule has 2 aliphatic rings. The highest BCUT2D eigenvalue weighted by Crippen LogP contribution is 2.53. The van der Waals surface area contributed by atoms with E-state index in [4.69, 9.17) is 0 Å². The molecule has 3 heterocycles. The molecule has 2 atom stereocenters. The Morgan fingerprint density at radius 3 is 2.67 bits per heavy atom. The largest absolute Gasteiger partial charge is 0.285 e. The van der Waals surface area contributed by atoms with Crippen molar-refractivity contribution in [3.05, 3.63) is 36.0 Å². The topological polar surface area (TPSA) is 7.12 Å². The molecule has 0 radical (unpaired) electrons. The van der Waals surface area contributed by atoms with E-state index in [-0.39, 0.29) is 11.0 Å². The lowest BCUT2D eigenvalue weighted by molar-refractivity contribution is -0.670. The van der Waals surface area contributed by atoms with Crippen molar-refractivity contribution in [2.24, 2.45) is 0 Å². The van der Waals surface area contributed by atoms with Gasteiger partial charge in [-0.3, -0.25) is 4.90 Å². The molecule has 0 fully saturated rings. The highest BCUT2D eigenvalue weighted by atomic mass is 15.3. The molecule has 110 valence electrons. The summed E-state index contributed by atoms with van der Waals surface area (Å²) in [6, 6.07) is 9.16. The Kier molecular flexibility index (Phi) is 2.50. The first-order chi connectivity index (χ1) is 10.1. The highest BCUT2D eigenvalue weighted by Gasteiger charge is 2.58. The van der Waals surface area contributed by atoms with E-state index in [1.807, 2.05) is 0 Å². The van der Waals surface area contributed by atoms with E-state index >= 15 is 0 Å². The van der Waals surface area contributed by atoms with Crippen LogP contribution in [0.4, 0.5) is 5.82 Å². The first-order valence-electron chi connectivity index (χ1n) is 8.30. The van der Waals surface area contributed by atoms with Crippen LogP contribution < -0.4 is 9.47 Å². The Hall–Kier alpha value is -1.57. The summed E-state index contributed by atoms with van der Waals surface area (Å²) in [5, 5.41) is 2.89. The van der Waals surface area contributed by atoms with Crippen LogP contribution in [0, 0.1) is 0 Å². The molecule has 0 amide bonds. The van der Waals surface area contributed by atoms with Gasteiger partial charge in [0.15, 0.2) is 0 Å². The van der Waals surface area contributed by atoms with Crippen molar-refractivity contribution in [3.63, 3.8) is 0 Å². The molecule has 0 saturated heterocycles. The van der Waals surface area contributed by atoms with Gasteiger partial charge in [-0.25, -0.2) is 4.57 Å². The van der Waals surface area contributed by atoms with Crippen molar-refractivity contribution in [2.45, 2.75) is 58.0 Å². The summed E-state index contributed by atoms with van der Waals surface area (Å²) < 4.78 is 2.45. The molecule has 2 aromatic rings. The summed E-state index contributed by atoms with van der Waals surface area (Å²) in [6.07, 6.45) is 4.63. The fourth-order valence-electron chi connectivity index (χ4n) is 4.81. The minimum absolute atomic E-state index is 0.197. The van der Waals surface area contributed by atoms with Crippen molar-refractivity contribution in [1.82, 2.24) is 0 Å². The number of pyridine rings is 1. The summed E-state index contributed by atoms with van der Waals surface area (Å²) in [5.41, 5.74) is 1.95. The maximum atomic E-state index is 2.70. The summed E-state index contributed by atoms with van der Waals surface area (Å²) in [5.74, 6) is 1.46. The normalized spacial score (nSPS) is 30.2. The van der Waals surface area contributed by atoms with Gasteiger partial charge in [-0.15, -0.1) is 0 Å². The minimum atomic E-state index is 0.197. The standard InChI is InChI=1S/C19H25N2/c1-5-18(3)15-9-7-8-14-10-11-20-12-13-21(17(20)16(14)15)19(18,4)6-2/h7-11H,5-6,12-13H2,1-4H3/q+1. The summed E-state index contributed by atoms with van der Waals surface area (Å²) in [4.78, 5) is 2.70. The summed E-state index contributed by atoms with van der Waals surface area (Å²) in [6.45, 7) is 11.9. The molecule has 2 heteroatoms. The third-order valence-electron chi connectivity index (χ3n) is 6.62.